The lowest BCUT2D eigenvalue weighted by Crippen LogP contribution is -2.28. The summed E-state index contributed by atoms with van der Waals surface area (Å²) >= 11 is 0. The van der Waals surface area contributed by atoms with Crippen molar-refractivity contribution in [2.45, 2.75) is 11.8 Å². The smallest absolute Gasteiger partial charge is 0.256 e. The molecule has 0 unspecified atom stereocenters. The number of amides is 1. The molecule has 3 rings (SSSR count). The fourth-order valence-corrected chi connectivity index (χ4v) is 3.60. The number of benzene rings is 2. The quantitative estimate of drug-likeness (QED) is 0.556. The summed E-state index contributed by atoms with van der Waals surface area (Å²) in [6, 6.07) is 18.5. The number of aromatic nitrogens is 1. The van der Waals surface area contributed by atoms with E-state index in [-0.39, 0.29) is 23.6 Å². The molecule has 1 aromatic heterocycles. The molecular formula is C21H21N3O4S. The van der Waals surface area contributed by atoms with Crippen LogP contribution in [0.1, 0.15) is 15.9 Å². The van der Waals surface area contributed by atoms with Crippen molar-refractivity contribution in [1.82, 2.24) is 9.71 Å². The maximum Gasteiger partial charge on any atom is 0.256 e. The molecule has 8 heteroatoms. The van der Waals surface area contributed by atoms with Gasteiger partial charge in [0, 0.05) is 18.3 Å². The van der Waals surface area contributed by atoms with Gasteiger partial charge in [0.15, 0.2) is 0 Å². The number of anilines is 1. The van der Waals surface area contributed by atoms with Gasteiger partial charge in [-0.05, 0) is 55.0 Å². The van der Waals surface area contributed by atoms with Crippen LogP contribution < -0.4 is 14.8 Å². The van der Waals surface area contributed by atoms with E-state index in [0.29, 0.717) is 11.6 Å². The number of nitrogens with one attached hydrogen (secondary N) is 2. The summed E-state index contributed by atoms with van der Waals surface area (Å²) in [5.41, 5.74) is 1.17. The van der Waals surface area contributed by atoms with Gasteiger partial charge in [0.1, 0.15) is 18.2 Å². The van der Waals surface area contributed by atoms with E-state index in [1.165, 1.54) is 18.2 Å². The van der Waals surface area contributed by atoms with E-state index in [1.54, 1.807) is 30.5 Å². The monoisotopic (exact) mass is 411 g/mol. The molecule has 29 heavy (non-hydrogen) atoms. The van der Waals surface area contributed by atoms with Gasteiger partial charge >= 0.3 is 0 Å². The number of para-hydroxylation sites is 1. The number of ether oxygens (including phenoxy) is 1. The van der Waals surface area contributed by atoms with Gasteiger partial charge in [0.25, 0.3) is 5.91 Å². The van der Waals surface area contributed by atoms with Crippen LogP contribution in [0.5, 0.6) is 5.75 Å². The van der Waals surface area contributed by atoms with Crippen LogP contribution in [0.15, 0.2) is 77.8 Å². The highest BCUT2D eigenvalue weighted by Gasteiger charge is 2.16. The Hall–Kier alpha value is -3.23. The summed E-state index contributed by atoms with van der Waals surface area (Å²) in [5.74, 6) is 0.627. The normalized spacial score (nSPS) is 11.1. The minimum absolute atomic E-state index is 0.00191. The summed E-state index contributed by atoms with van der Waals surface area (Å²) in [6.07, 6.45) is 1.59. The molecule has 0 saturated heterocycles. The van der Waals surface area contributed by atoms with Crippen molar-refractivity contribution in [2.24, 2.45) is 0 Å². The molecular weight excluding hydrogens is 390 g/mol. The minimum Gasteiger partial charge on any atom is -0.492 e. The van der Waals surface area contributed by atoms with Crippen LogP contribution in [0.4, 0.5) is 5.82 Å². The number of pyridine rings is 1. The highest BCUT2D eigenvalue weighted by molar-refractivity contribution is 7.89. The van der Waals surface area contributed by atoms with Gasteiger partial charge in [-0.2, -0.15) is 0 Å². The minimum atomic E-state index is -3.78. The molecule has 2 N–H and O–H groups in total. The molecule has 0 aliphatic rings. The number of aryl methyl sites for hydroxylation is 1. The Balaban J connectivity index is 1.61. The molecule has 0 spiro atoms. The van der Waals surface area contributed by atoms with Gasteiger partial charge in [0.2, 0.25) is 10.0 Å². The average Bonchev–Trinajstić information content (AvgIpc) is 2.72. The standard InChI is InChI=1S/C21H21N3O4S/c1-16-10-11-22-20(14-16)24-21(25)17-6-5-9-19(15-17)29(26,27)23-12-13-28-18-7-3-2-4-8-18/h2-11,14-15,23H,12-13H2,1H3,(H,22,24,25). The summed E-state index contributed by atoms with van der Waals surface area (Å²) in [7, 11) is -3.78. The van der Waals surface area contributed by atoms with Crippen LogP contribution in [0, 0.1) is 6.92 Å². The Morgan fingerprint density at radius 3 is 2.59 bits per heavy atom. The van der Waals surface area contributed by atoms with Gasteiger partial charge in [-0.1, -0.05) is 24.3 Å². The molecule has 0 aliphatic carbocycles. The maximum absolute atomic E-state index is 12.5. The zero-order chi connectivity index (χ0) is 20.7. The van der Waals surface area contributed by atoms with E-state index < -0.39 is 15.9 Å². The van der Waals surface area contributed by atoms with E-state index in [9.17, 15) is 13.2 Å². The Morgan fingerprint density at radius 2 is 1.83 bits per heavy atom. The predicted molar refractivity (Wildman–Crippen MR) is 110 cm³/mol. The first kappa shape index (κ1) is 20.5. The van der Waals surface area contributed by atoms with Gasteiger partial charge in [-0.3, -0.25) is 4.79 Å². The number of carbonyl (C=O) groups is 1. The van der Waals surface area contributed by atoms with Crippen LogP contribution >= 0.6 is 0 Å². The lowest BCUT2D eigenvalue weighted by Gasteiger charge is -2.10. The maximum atomic E-state index is 12.5. The third-order valence-electron chi connectivity index (χ3n) is 3.97. The van der Waals surface area contributed by atoms with E-state index >= 15 is 0 Å². The summed E-state index contributed by atoms with van der Waals surface area (Å²) in [4.78, 5) is 16.5. The first-order valence-electron chi connectivity index (χ1n) is 8.96. The Bertz CT molecular complexity index is 1090. The van der Waals surface area contributed by atoms with E-state index in [4.69, 9.17) is 4.74 Å². The molecule has 7 nitrogen and oxygen atoms in total. The number of hydrogen-bond donors (Lipinski definition) is 2. The predicted octanol–water partition coefficient (Wildman–Crippen LogP) is 3.00. The Labute approximate surface area is 169 Å². The van der Waals surface area contributed by atoms with Crippen LogP contribution in [0.2, 0.25) is 0 Å². The van der Waals surface area contributed by atoms with E-state index in [0.717, 1.165) is 5.56 Å². The second kappa shape index (κ2) is 9.31. The van der Waals surface area contributed by atoms with Crippen molar-refractivity contribution in [3.63, 3.8) is 0 Å². The molecule has 0 atom stereocenters. The van der Waals surface area contributed by atoms with Crippen molar-refractivity contribution in [3.8, 4) is 5.75 Å². The van der Waals surface area contributed by atoms with Gasteiger partial charge in [0.05, 0.1) is 4.90 Å². The van der Waals surface area contributed by atoms with Crippen molar-refractivity contribution < 1.29 is 17.9 Å². The fourth-order valence-electron chi connectivity index (χ4n) is 2.54. The first-order valence-corrected chi connectivity index (χ1v) is 10.4. The first-order chi connectivity index (χ1) is 13.9. The van der Waals surface area contributed by atoms with Gasteiger partial charge in [-0.15, -0.1) is 0 Å². The molecule has 150 valence electrons. The van der Waals surface area contributed by atoms with Crippen LogP contribution in [0.3, 0.4) is 0 Å². The summed E-state index contributed by atoms with van der Waals surface area (Å²) in [5, 5.41) is 2.66. The van der Waals surface area contributed by atoms with Gasteiger partial charge < -0.3 is 10.1 Å². The molecule has 1 amide bonds. The zero-order valence-corrected chi connectivity index (χ0v) is 16.6. The largest absolute Gasteiger partial charge is 0.492 e. The van der Waals surface area contributed by atoms with Gasteiger partial charge in [-0.25, -0.2) is 18.1 Å². The second-order valence-corrected chi connectivity index (χ2v) is 8.03. The van der Waals surface area contributed by atoms with Crippen molar-refractivity contribution in [1.29, 1.82) is 0 Å². The lowest BCUT2D eigenvalue weighted by molar-refractivity contribution is 0.102. The second-order valence-electron chi connectivity index (χ2n) is 6.26. The third-order valence-corrected chi connectivity index (χ3v) is 5.43. The number of rotatable bonds is 8. The molecule has 3 aromatic rings. The number of carbonyl (C=O) groups excluding carboxylic acids is 1. The van der Waals surface area contributed by atoms with Crippen LogP contribution in [-0.4, -0.2) is 32.5 Å². The Morgan fingerprint density at radius 1 is 1.03 bits per heavy atom. The number of hydrogen-bond acceptors (Lipinski definition) is 5. The fraction of sp³-hybridized carbons (Fsp3) is 0.143. The highest BCUT2D eigenvalue weighted by Crippen LogP contribution is 2.14. The Kier molecular flexibility index (Phi) is 6.58. The lowest BCUT2D eigenvalue weighted by atomic mass is 10.2. The summed E-state index contributed by atoms with van der Waals surface area (Å²) in [6.45, 7) is 2.17. The highest BCUT2D eigenvalue weighted by atomic mass is 32.2. The third kappa shape index (κ3) is 5.87. The number of sulfonamides is 1. The van der Waals surface area contributed by atoms with Crippen molar-refractivity contribution in [2.75, 3.05) is 18.5 Å². The van der Waals surface area contributed by atoms with Crippen molar-refractivity contribution in [3.05, 3.63) is 84.1 Å². The molecule has 2 aromatic carbocycles. The summed E-state index contributed by atoms with van der Waals surface area (Å²) < 4.78 is 33.0. The SMILES string of the molecule is Cc1ccnc(NC(=O)c2cccc(S(=O)(=O)NCCOc3ccccc3)c2)c1. The molecule has 0 aliphatic heterocycles. The van der Waals surface area contributed by atoms with Crippen LogP contribution in [-0.2, 0) is 10.0 Å². The average molecular weight is 411 g/mol. The molecule has 0 saturated carbocycles. The zero-order valence-electron chi connectivity index (χ0n) is 15.8. The van der Waals surface area contributed by atoms with E-state index in [1.807, 2.05) is 31.2 Å². The van der Waals surface area contributed by atoms with Crippen LogP contribution in [0.25, 0.3) is 0 Å². The molecule has 0 radical (unpaired) electrons. The number of nitrogens with zero attached hydrogens (tertiary/aromatic N) is 1. The molecule has 0 bridgehead atoms. The van der Waals surface area contributed by atoms with E-state index in [2.05, 4.69) is 15.0 Å². The molecule has 0 fully saturated rings. The van der Waals surface area contributed by atoms with Crippen molar-refractivity contribution >= 4 is 21.7 Å². The molecule has 1 heterocycles. The topological polar surface area (TPSA) is 97.4 Å².